The molecule has 1 spiro atoms. The molecular formula is C24H25F2N3O. The van der Waals surface area contributed by atoms with Crippen LogP contribution >= 0.6 is 0 Å². The largest absolute Gasteiger partial charge is 0.369 e. The van der Waals surface area contributed by atoms with Gasteiger partial charge >= 0.3 is 0 Å². The molecular weight excluding hydrogens is 384 g/mol. The maximum atomic E-state index is 14.0. The molecule has 0 N–H and O–H groups in total. The second-order valence-electron chi connectivity index (χ2n) is 8.61. The Bertz CT molecular complexity index is 986. The van der Waals surface area contributed by atoms with Crippen molar-refractivity contribution in [3.05, 3.63) is 64.7 Å². The van der Waals surface area contributed by atoms with Crippen molar-refractivity contribution in [3.8, 4) is 6.07 Å². The highest BCUT2D eigenvalue weighted by Gasteiger charge is 2.44. The van der Waals surface area contributed by atoms with Crippen LogP contribution in [-0.4, -0.2) is 37.1 Å². The van der Waals surface area contributed by atoms with Crippen molar-refractivity contribution in [1.29, 1.82) is 5.26 Å². The van der Waals surface area contributed by atoms with Crippen LogP contribution in [0.2, 0.25) is 0 Å². The predicted molar refractivity (Wildman–Crippen MR) is 110 cm³/mol. The lowest BCUT2D eigenvalue weighted by Crippen LogP contribution is -2.52. The van der Waals surface area contributed by atoms with Crippen molar-refractivity contribution in [1.82, 2.24) is 4.90 Å². The number of rotatable bonds is 2. The minimum absolute atomic E-state index is 0.0898. The first-order chi connectivity index (χ1) is 14.6. The van der Waals surface area contributed by atoms with Crippen molar-refractivity contribution in [2.45, 2.75) is 43.9 Å². The monoisotopic (exact) mass is 409 g/mol. The zero-order valence-corrected chi connectivity index (χ0v) is 16.9. The van der Waals surface area contributed by atoms with E-state index in [1.54, 1.807) is 18.2 Å². The van der Waals surface area contributed by atoms with Crippen molar-refractivity contribution in [3.63, 3.8) is 0 Å². The van der Waals surface area contributed by atoms with Crippen molar-refractivity contribution in [2.24, 2.45) is 0 Å². The summed E-state index contributed by atoms with van der Waals surface area (Å²) in [6, 6.07) is 12.3. The molecule has 0 radical (unpaired) electrons. The van der Waals surface area contributed by atoms with Gasteiger partial charge in [0.15, 0.2) is 0 Å². The standard InChI is InChI=1S/C24H25F2N3O/c25-19-2-4-22-18(13-19)16-30-24(22)7-5-20(6-8-24)28-9-11-29(12-10-28)21-3-1-17(15-27)23(26)14-21/h1-4,13-14,20H,5-12,16H2. The molecule has 1 saturated carbocycles. The molecule has 0 atom stereocenters. The number of piperazine rings is 1. The molecule has 1 aliphatic carbocycles. The van der Waals surface area contributed by atoms with Crippen molar-refractivity contribution >= 4 is 5.69 Å². The van der Waals surface area contributed by atoms with Crippen LogP contribution in [0.15, 0.2) is 36.4 Å². The summed E-state index contributed by atoms with van der Waals surface area (Å²) in [5.74, 6) is -0.644. The summed E-state index contributed by atoms with van der Waals surface area (Å²) < 4.78 is 33.7. The second kappa shape index (κ2) is 7.64. The summed E-state index contributed by atoms with van der Waals surface area (Å²) in [5.41, 5.74) is 2.87. The maximum absolute atomic E-state index is 14.0. The average Bonchev–Trinajstić information content (AvgIpc) is 3.11. The first-order valence-corrected chi connectivity index (χ1v) is 10.7. The quantitative estimate of drug-likeness (QED) is 0.740. The minimum atomic E-state index is -0.452. The molecule has 0 unspecified atom stereocenters. The van der Waals surface area contributed by atoms with Gasteiger partial charge in [0.1, 0.15) is 17.7 Å². The molecule has 5 rings (SSSR count). The first-order valence-electron chi connectivity index (χ1n) is 10.7. The van der Waals surface area contributed by atoms with E-state index in [0.29, 0.717) is 12.6 Å². The van der Waals surface area contributed by atoms with E-state index < -0.39 is 5.82 Å². The van der Waals surface area contributed by atoms with Crippen LogP contribution in [0.3, 0.4) is 0 Å². The van der Waals surface area contributed by atoms with E-state index in [1.807, 2.05) is 18.2 Å². The third-order valence-corrected chi connectivity index (χ3v) is 7.09. The number of nitriles is 1. The Morgan fingerprint density at radius 3 is 2.47 bits per heavy atom. The molecule has 30 heavy (non-hydrogen) atoms. The molecule has 2 heterocycles. The van der Waals surface area contributed by atoms with Gasteiger partial charge < -0.3 is 9.64 Å². The van der Waals surface area contributed by atoms with Crippen molar-refractivity contribution < 1.29 is 13.5 Å². The van der Waals surface area contributed by atoms with Gasteiger partial charge in [-0.2, -0.15) is 5.26 Å². The van der Waals surface area contributed by atoms with E-state index in [9.17, 15) is 8.78 Å². The molecule has 2 aromatic carbocycles. The topological polar surface area (TPSA) is 39.5 Å². The summed E-state index contributed by atoms with van der Waals surface area (Å²) in [5, 5.41) is 8.91. The van der Waals surface area contributed by atoms with E-state index in [4.69, 9.17) is 10.00 Å². The number of hydrogen-bond acceptors (Lipinski definition) is 4. The second-order valence-corrected chi connectivity index (χ2v) is 8.61. The lowest BCUT2D eigenvalue weighted by atomic mass is 9.77. The molecule has 0 aromatic heterocycles. The van der Waals surface area contributed by atoms with Gasteiger partial charge in [0.05, 0.1) is 17.8 Å². The third-order valence-electron chi connectivity index (χ3n) is 7.09. The van der Waals surface area contributed by atoms with Gasteiger partial charge in [-0.05, 0) is 67.1 Å². The molecule has 0 bridgehead atoms. The minimum Gasteiger partial charge on any atom is -0.369 e. The smallest absolute Gasteiger partial charge is 0.143 e. The SMILES string of the molecule is N#Cc1ccc(N2CCN(C3CCC4(CC3)OCc3cc(F)ccc34)CC2)cc1F. The number of anilines is 1. The summed E-state index contributed by atoms with van der Waals surface area (Å²) in [7, 11) is 0. The Kier molecular flexibility index (Phi) is 4.96. The van der Waals surface area contributed by atoms with E-state index in [1.165, 1.54) is 11.6 Å². The zero-order chi connectivity index (χ0) is 20.7. The molecule has 2 aromatic rings. The van der Waals surface area contributed by atoms with Gasteiger partial charge in [-0.25, -0.2) is 8.78 Å². The van der Waals surface area contributed by atoms with Crippen LogP contribution < -0.4 is 4.90 Å². The van der Waals surface area contributed by atoms with Crippen LogP contribution in [0.5, 0.6) is 0 Å². The summed E-state index contributed by atoms with van der Waals surface area (Å²) >= 11 is 0. The van der Waals surface area contributed by atoms with Crippen LogP contribution in [-0.2, 0) is 16.9 Å². The lowest BCUT2D eigenvalue weighted by molar-refractivity contribution is -0.0777. The van der Waals surface area contributed by atoms with Gasteiger partial charge in [0.2, 0.25) is 0 Å². The normalized spacial score (nSPS) is 26.6. The fourth-order valence-corrected chi connectivity index (χ4v) is 5.40. The van der Waals surface area contributed by atoms with Gasteiger partial charge in [-0.1, -0.05) is 6.07 Å². The number of halogens is 2. The Labute approximate surface area is 175 Å². The van der Waals surface area contributed by atoms with Crippen LogP contribution in [0.25, 0.3) is 0 Å². The number of benzene rings is 2. The van der Waals surface area contributed by atoms with Crippen molar-refractivity contribution in [2.75, 3.05) is 31.1 Å². The molecule has 2 aliphatic heterocycles. The fourth-order valence-electron chi connectivity index (χ4n) is 5.40. The third kappa shape index (κ3) is 3.36. The number of nitrogens with zero attached hydrogens (tertiary/aromatic N) is 3. The summed E-state index contributed by atoms with van der Waals surface area (Å²) in [6.45, 7) is 4.11. The molecule has 3 aliphatic rings. The maximum Gasteiger partial charge on any atom is 0.143 e. The summed E-state index contributed by atoms with van der Waals surface area (Å²) in [4.78, 5) is 4.74. The van der Waals surface area contributed by atoms with Gasteiger partial charge in [0.25, 0.3) is 0 Å². The fraction of sp³-hybridized carbons (Fsp3) is 0.458. The zero-order valence-electron chi connectivity index (χ0n) is 16.9. The Morgan fingerprint density at radius 2 is 1.77 bits per heavy atom. The number of fused-ring (bicyclic) bond motifs is 2. The van der Waals surface area contributed by atoms with E-state index in [2.05, 4.69) is 9.80 Å². The highest BCUT2D eigenvalue weighted by Crippen LogP contribution is 2.47. The first kappa shape index (κ1) is 19.5. The van der Waals surface area contributed by atoms with Crippen LogP contribution in [0.4, 0.5) is 14.5 Å². The molecule has 156 valence electrons. The van der Waals surface area contributed by atoms with Crippen LogP contribution in [0, 0.1) is 23.0 Å². The Hall–Kier alpha value is -2.49. The Balaban J connectivity index is 1.19. The van der Waals surface area contributed by atoms with Gasteiger partial charge in [-0.15, -0.1) is 0 Å². The van der Waals surface area contributed by atoms with Gasteiger partial charge in [-0.3, -0.25) is 4.90 Å². The van der Waals surface area contributed by atoms with Gasteiger partial charge in [0, 0.05) is 37.9 Å². The summed E-state index contributed by atoms with van der Waals surface area (Å²) in [6.07, 6.45) is 4.08. The highest BCUT2D eigenvalue weighted by atomic mass is 19.1. The Morgan fingerprint density at radius 1 is 1.00 bits per heavy atom. The van der Waals surface area contributed by atoms with Crippen LogP contribution in [0.1, 0.15) is 42.4 Å². The van der Waals surface area contributed by atoms with E-state index in [0.717, 1.165) is 63.1 Å². The number of ether oxygens (including phenoxy) is 1. The molecule has 0 amide bonds. The average molecular weight is 409 g/mol. The van der Waals surface area contributed by atoms with E-state index >= 15 is 0 Å². The predicted octanol–water partition coefficient (Wildman–Crippen LogP) is 4.33. The lowest BCUT2D eigenvalue weighted by Gasteiger charge is -2.45. The highest BCUT2D eigenvalue weighted by molar-refractivity contribution is 5.51. The molecule has 6 heteroatoms. The van der Waals surface area contributed by atoms with E-state index in [-0.39, 0.29) is 17.0 Å². The number of hydrogen-bond donors (Lipinski definition) is 0. The molecule has 1 saturated heterocycles. The molecule has 4 nitrogen and oxygen atoms in total. The molecule has 2 fully saturated rings.